The average molecular weight is 153 g/mol. The molecule has 1 aromatic heterocycles. The van der Waals surface area contributed by atoms with Gasteiger partial charge in [-0.05, 0) is 12.1 Å². The Balaban J connectivity index is 2.93. The maximum absolute atomic E-state index is 5.61. The highest BCUT2D eigenvalue weighted by molar-refractivity contribution is 5.60. The number of anilines is 2. The maximum atomic E-state index is 5.61. The Morgan fingerprint density at radius 3 is 2.91 bits per heavy atom. The van der Waals surface area contributed by atoms with Crippen molar-refractivity contribution < 1.29 is 4.84 Å². The molecule has 0 atom stereocenters. The van der Waals surface area contributed by atoms with Gasteiger partial charge in [-0.15, -0.1) is 0 Å². The van der Waals surface area contributed by atoms with Crippen LogP contribution in [-0.4, -0.2) is 19.1 Å². The van der Waals surface area contributed by atoms with Crippen LogP contribution < -0.4 is 10.8 Å². The van der Waals surface area contributed by atoms with E-state index in [1.165, 1.54) is 5.06 Å². The van der Waals surface area contributed by atoms with Gasteiger partial charge in [0.1, 0.15) is 0 Å². The molecule has 4 nitrogen and oxygen atoms in total. The molecule has 0 aliphatic rings. The van der Waals surface area contributed by atoms with Crippen LogP contribution in [0.5, 0.6) is 0 Å². The van der Waals surface area contributed by atoms with Crippen LogP contribution in [0.15, 0.2) is 18.3 Å². The number of nitrogen functional groups attached to an aromatic ring is 1. The third-order valence-corrected chi connectivity index (χ3v) is 1.39. The topological polar surface area (TPSA) is 51.4 Å². The molecule has 0 unspecified atom stereocenters. The lowest BCUT2D eigenvalue weighted by molar-refractivity contribution is 0.183. The van der Waals surface area contributed by atoms with E-state index in [-0.39, 0.29) is 0 Å². The van der Waals surface area contributed by atoms with Crippen LogP contribution in [0, 0.1) is 0 Å². The van der Waals surface area contributed by atoms with Gasteiger partial charge in [-0.25, -0.2) is 10.0 Å². The Morgan fingerprint density at radius 1 is 1.64 bits per heavy atom. The van der Waals surface area contributed by atoms with Crippen molar-refractivity contribution in [1.29, 1.82) is 0 Å². The lowest BCUT2D eigenvalue weighted by Gasteiger charge is -2.15. The van der Waals surface area contributed by atoms with Crippen molar-refractivity contribution in [1.82, 2.24) is 4.98 Å². The average Bonchev–Trinajstić information content (AvgIpc) is 2.04. The molecule has 4 heteroatoms. The summed E-state index contributed by atoms with van der Waals surface area (Å²) in [4.78, 5) is 8.93. The summed E-state index contributed by atoms with van der Waals surface area (Å²) >= 11 is 0. The van der Waals surface area contributed by atoms with Gasteiger partial charge in [-0.3, -0.25) is 4.84 Å². The zero-order valence-corrected chi connectivity index (χ0v) is 6.61. The van der Waals surface area contributed by atoms with Crippen molar-refractivity contribution in [3.8, 4) is 0 Å². The summed E-state index contributed by atoms with van der Waals surface area (Å²) in [6.45, 7) is 0. The van der Waals surface area contributed by atoms with Gasteiger partial charge in [0.15, 0.2) is 5.82 Å². The number of aromatic nitrogens is 1. The molecule has 60 valence electrons. The molecule has 11 heavy (non-hydrogen) atoms. The molecule has 0 saturated carbocycles. The van der Waals surface area contributed by atoms with Crippen molar-refractivity contribution in [2.45, 2.75) is 0 Å². The zero-order chi connectivity index (χ0) is 8.27. The molecule has 0 spiro atoms. The van der Waals surface area contributed by atoms with E-state index in [1.54, 1.807) is 32.5 Å². The van der Waals surface area contributed by atoms with Crippen molar-refractivity contribution in [2.24, 2.45) is 0 Å². The van der Waals surface area contributed by atoms with E-state index in [0.29, 0.717) is 11.5 Å². The predicted molar refractivity (Wildman–Crippen MR) is 44.1 cm³/mol. The number of hydrogen-bond acceptors (Lipinski definition) is 4. The van der Waals surface area contributed by atoms with E-state index in [0.717, 1.165) is 0 Å². The summed E-state index contributed by atoms with van der Waals surface area (Å²) in [5, 5.41) is 1.51. The summed E-state index contributed by atoms with van der Waals surface area (Å²) in [5.41, 5.74) is 6.22. The highest BCUT2D eigenvalue weighted by Crippen LogP contribution is 2.16. The first-order valence-electron chi connectivity index (χ1n) is 3.24. The number of rotatable bonds is 2. The molecule has 0 aromatic carbocycles. The second-order valence-electron chi connectivity index (χ2n) is 2.10. The van der Waals surface area contributed by atoms with Gasteiger partial charge in [-0.1, -0.05) is 0 Å². The van der Waals surface area contributed by atoms with Gasteiger partial charge >= 0.3 is 0 Å². The number of hydroxylamine groups is 1. The quantitative estimate of drug-likeness (QED) is 0.634. The fraction of sp³-hybridized carbons (Fsp3) is 0.286. The molecule has 0 radical (unpaired) electrons. The molecule has 0 amide bonds. The van der Waals surface area contributed by atoms with Gasteiger partial charge in [-0.2, -0.15) is 0 Å². The van der Waals surface area contributed by atoms with Crippen LogP contribution in [0.4, 0.5) is 11.5 Å². The van der Waals surface area contributed by atoms with E-state index in [1.807, 2.05) is 0 Å². The highest BCUT2D eigenvalue weighted by Gasteiger charge is 2.03. The minimum absolute atomic E-state index is 0.608. The zero-order valence-electron chi connectivity index (χ0n) is 6.61. The highest BCUT2D eigenvalue weighted by atomic mass is 16.7. The number of nitrogens with two attached hydrogens (primary N) is 1. The van der Waals surface area contributed by atoms with Crippen LogP contribution in [0.25, 0.3) is 0 Å². The summed E-state index contributed by atoms with van der Waals surface area (Å²) in [6.07, 6.45) is 1.67. The first kappa shape index (κ1) is 7.81. The molecule has 1 heterocycles. The minimum Gasteiger partial charge on any atom is -0.396 e. The lowest BCUT2D eigenvalue weighted by Crippen LogP contribution is -2.17. The Hall–Kier alpha value is -1.29. The van der Waals surface area contributed by atoms with E-state index < -0.39 is 0 Å². The minimum atomic E-state index is 0.608. The Bertz CT molecular complexity index is 239. The first-order valence-corrected chi connectivity index (χ1v) is 3.24. The van der Waals surface area contributed by atoms with Crippen LogP contribution in [0.1, 0.15) is 0 Å². The molecule has 1 aromatic rings. The third kappa shape index (κ3) is 1.59. The third-order valence-electron chi connectivity index (χ3n) is 1.39. The monoisotopic (exact) mass is 153 g/mol. The predicted octanol–water partition coefficient (Wildman–Crippen LogP) is 0.661. The molecule has 0 aliphatic heterocycles. The van der Waals surface area contributed by atoms with Crippen LogP contribution in [0.3, 0.4) is 0 Å². The lowest BCUT2D eigenvalue weighted by atomic mass is 10.4. The molecule has 0 bridgehead atoms. The molecule has 0 fully saturated rings. The molecule has 0 saturated heterocycles. The molecule has 2 N–H and O–H groups in total. The number of hydrogen-bond donors (Lipinski definition) is 1. The van der Waals surface area contributed by atoms with Crippen LogP contribution in [-0.2, 0) is 4.84 Å². The molecular weight excluding hydrogens is 142 g/mol. The molecular formula is C7H11N3O. The molecule has 0 aliphatic carbocycles. The van der Waals surface area contributed by atoms with Gasteiger partial charge in [0, 0.05) is 13.2 Å². The fourth-order valence-electron chi connectivity index (χ4n) is 0.759. The number of pyridine rings is 1. The molecule has 1 rings (SSSR count). The van der Waals surface area contributed by atoms with Crippen molar-refractivity contribution >= 4 is 11.5 Å². The maximum Gasteiger partial charge on any atom is 0.175 e. The Labute approximate surface area is 65.5 Å². The SMILES string of the molecule is CON(C)c1ncccc1N. The Morgan fingerprint density at radius 2 is 2.36 bits per heavy atom. The van der Waals surface area contributed by atoms with Crippen molar-refractivity contribution in [3.05, 3.63) is 18.3 Å². The second-order valence-corrected chi connectivity index (χ2v) is 2.10. The van der Waals surface area contributed by atoms with E-state index in [2.05, 4.69) is 4.98 Å². The first-order chi connectivity index (χ1) is 5.25. The Kier molecular flexibility index (Phi) is 2.28. The summed E-state index contributed by atoms with van der Waals surface area (Å²) < 4.78 is 0. The van der Waals surface area contributed by atoms with Gasteiger partial charge in [0.2, 0.25) is 0 Å². The van der Waals surface area contributed by atoms with Crippen LogP contribution in [0.2, 0.25) is 0 Å². The van der Waals surface area contributed by atoms with E-state index in [4.69, 9.17) is 10.6 Å². The normalized spacial score (nSPS) is 9.64. The standard InChI is InChI=1S/C7H11N3O/c1-10(11-2)7-6(8)4-3-5-9-7/h3-5H,8H2,1-2H3. The van der Waals surface area contributed by atoms with Crippen molar-refractivity contribution in [2.75, 3.05) is 25.0 Å². The van der Waals surface area contributed by atoms with E-state index in [9.17, 15) is 0 Å². The smallest absolute Gasteiger partial charge is 0.175 e. The van der Waals surface area contributed by atoms with E-state index >= 15 is 0 Å². The summed E-state index contributed by atoms with van der Waals surface area (Å²) in [7, 11) is 3.31. The van der Waals surface area contributed by atoms with Gasteiger partial charge in [0.05, 0.1) is 12.8 Å². The second kappa shape index (κ2) is 3.21. The summed E-state index contributed by atoms with van der Waals surface area (Å²) in [6, 6.07) is 3.56. The van der Waals surface area contributed by atoms with Gasteiger partial charge < -0.3 is 5.73 Å². The van der Waals surface area contributed by atoms with Gasteiger partial charge in [0.25, 0.3) is 0 Å². The fourth-order valence-corrected chi connectivity index (χ4v) is 0.759. The summed E-state index contributed by atoms with van der Waals surface area (Å²) in [5.74, 6) is 0.634. The largest absolute Gasteiger partial charge is 0.396 e. The number of nitrogens with zero attached hydrogens (tertiary/aromatic N) is 2. The van der Waals surface area contributed by atoms with Crippen LogP contribution >= 0.6 is 0 Å². The van der Waals surface area contributed by atoms with Crippen molar-refractivity contribution in [3.63, 3.8) is 0 Å².